The van der Waals surface area contributed by atoms with Crippen LogP contribution in [0.15, 0.2) is 6.20 Å². The van der Waals surface area contributed by atoms with Crippen LogP contribution in [0, 0.1) is 0 Å². The maximum absolute atomic E-state index is 8.79. The molecule has 4 heteroatoms. The van der Waals surface area contributed by atoms with Crippen LogP contribution in [-0.4, -0.2) is 16.7 Å². The van der Waals surface area contributed by atoms with Crippen molar-refractivity contribution in [3.8, 4) is 0 Å². The van der Waals surface area contributed by atoms with Gasteiger partial charge in [-0.1, -0.05) is 13.8 Å². The van der Waals surface area contributed by atoms with E-state index in [0.29, 0.717) is 5.92 Å². The zero-order valence-corrected chi connectivity index (χ0v) is 8.14. The molecule has 0 aliphatic heterocycles. The number of rotatable bonds is 3. The van der Waals surface area contributed by atoms with E-state index in [1.54, 1.807) is 17.5 Å². The minimum Gasteiger partial charge on any atom is -0.394 e. The summed E-state index contributed by atoms with van der Waals surface area (Å²) in [5.74, 6) is 0.439. The van der Waals surface area contributed by atoms with Gasteiger partial charge in [-0.25, -0.2) is 4.98 Å². The Labute approximate surface area is 76.3 Å². The van der Waals surface area contributed by atoms with E-state index in [1.165, 1.54) is 0 Å². The van der Waals surface area contributed by atoms with E-state index in [-0.39, 0.29) is 12.6 Å². The molecule has 0 saturated heterocycles. The second-order valence-electron chi connectivity index (χ2n) is 3.04. The number of aromatic nitrogens is 1. The standard InChI is InChI=1S/C8H14N2OS/c1-5(2)8-10-3-7(12-8)6(9)4-11/h3,5-6,11H,4,9H2,1-2H3/t6-/m0/s1. The average Bonchev–Trinajstić information content (AvgIpc) is 2.51. The third-order valence-corrected chi connectivity index (χ3v) is 3.03. The monoisotopic (exact) mass is 186 g/mol. The highest BCUT2D eigenvalue weighted by Crippen LogP contribution is 2.24. The van der Waals surface area contributed by atoms with Crippen molar-refractivity contribution in [2.24, 2.45) is 5.73 Å². The van der Waals surface area contributed by atoms with Crippen LogP contribution < -0.4 is 5.73 Å². The Morgan fingerprint density at radius 1 is 1.67 bits per heavy atom. The summed E-state index contributed by atoms with van der Waals surface area (Å²) >= 11 is 1.58. The second-order valence-corrected chi connectivity index (χ2v) is 4.14. The molecule has 3 N–H and O–H groups in total. The molecular formula is C8H14N2OS. The summed E-state index contributed by atoms with van der Waals surface area (Å²) in [6, 6.07) is -0.269. The van der Waals surface area contributed by atoms with Gasteiger partial charge in [0.1, 0.15) is 0 Å². The van der Waals surface area contributed by atoms with Crippen LogP contribution in [0.25, 0.3) is 0 Å². The van der Waals surface area contributed by atoms with Gasteiger partial charge in [0, 0.05) is 17.0 Å². The number of nitrogens with two attached hydrogens (primary N) is 1. The van der Waals surface area contributed by atoms with Gasteiger partial charge in [-0.2, -0.15) is 0 Å². The van der Waals surface area contributed by atoms with Crippen LogP contribution in [0.4, 0.5) is 0 Å². The Hall–Kier alpha value is -0.450. The predicted molar refractivity (Wildman–Crippen MR) is 50.2 cm³/mol. The number of thiazole rings is 1. The molecule has 3 nitrogen and oxygen atoms in total. The Morgan fingerprint density at radius 2 is 2.33 bits per heavy atom. The lowest BCUT2D eigenvalue weighted by atomic mass is 10.2. The zero-order valence-electron chi connectivity index (χ0n) is 7.32. The Bertz CT molecular complexity index is 247. The fraction of sp³-hybridized carbons (Fsp3) is 0.625. The predicted octanol–water partition coefficient (Wildman–Crippen LogP) is 1.26. The largest absolute Gasteiger partial charge is 0.394 e. The number of aliphatic hydroxyl groups excluding tert-OH is 1. The summed E-state index contributed by atoms with van der Waals surface area (Å²) in [4.78, 5) is 5.17. The molecule has 1 rings (SSSR count). The molecule has 0 unspecified atom stereocenters. The van der Waals surface area contributed by atoms with Gasteiger partial charge in [-0.15, -0.1) is 11.3 Å². The minimum absolute atomic E-state index is 0.0142. The molecule has 68 valence electrons. The van der Waals surface area contributed by atoms with Crippen LogP contribution in [0.1, 0.15) is 35.7 Å². The Morgan fingerprint density at radius 3 is 2.75 bits per heavy atom. The van der Waals surface area contributed by atoms with Gasteiger partial charge < -0.3 is 10.8 Å². The van der Waals surface area contributed by atoms with Crippen LogP contribution in [0.3, 0.4) is 0 Å². The van der Waals surface area contributed by atoms with Crippen molar-refractivity contribution in [2.45, 2.75) is 25.8 Å². The molecule has 0 fully saturated rings. The van der Waals surface area contributed by atoms with Crippen molar-refractivity contribution in [2.75, 3.05) is 6.61 Å². The number of hydrogen-bond donors (Lipinski definition) is 2. The highest BCUT2D eigenvalue weighted by molar-refractivity contribution is 7.11. The summed E-state index contributed by atoms with van der Waals surface area (Å²) in [5.41, 5.74) is 5.63. The zero-order chi connectivity index (χ0) is 9.14. The normalized spacial score (nSPS) is 13.8. The molecule has 0 amide bonds. The summed E-state index contributed by atoms with van der Waals surface area (Å²) in [7, 11) is 0. The Kier molecular flexibility index (Phi) is 3.20. The highest BCUT2D eigenvalue weighted by Gasteiger charge is 2.10. The van der Waals surface area contributed by atoms with Gasteiger partial charge >= 0.3 is 0 Å². The maximum Gasteiger partial charge on any atom is 0.0953 e. The third-order valence-electron chi connectivity index (χ3n) is 1.60. The van der Waals surface area contributed by atoms with E-state index in [1.807, 2.05) is 0 Å². The lowest BCUT2D eigenvalue weighted by Gasteiger charge is -2.02. The molecule has 0 bridgehead atoms. The molecule has 1 aromatic rings. The van der Waals surface area contributed by atoms with Gasteiger partial charge in [-0.3, -0.25) is 0 Å². The molecule has 0 saturated carbocycles. The van der Waals surface area contributed by atoms with Gasteiger partial charge in [0.25, 0.3) is 0 Å². The summed E-state index contributed by atoms with van der Waals surface area (Å²) in [6.07, 6.45) is 1.75. The highest BCUT2D eigenvalue weighted by atomic mass is 32.1. The molecule has 1 aromatic heterocycles. The van der Waals surface area contributed by atoms with E-state index < -0.39 is 0 Å². The summed E-state index contributed by atoms with van der Waals surface area (Å²) in [6.45, 7) is 4.17. The number of aliphatic hydroxyl groups is 1. The van der Waals surface area contributed by atoms with Crippen LogP contribution in [0.2, 0.25) is 0 Å². The van der Waals surface area contributed by atoms with E-state index >= 15 is 0 Å². The molecule has 1 heterocycles. The van der Waals surface area contributed by atoms with Crippen molar-refractivity contribution >= 4 is 11.3 Å². The van der Waals surface area contributed by atoms with Gasteiger partial charge in [0.05, 0.1) is 17.7 Å². The molecule has 1 atom stereocenters. The van der Waals surface area contributed by atoms with E-state index in [9.17, 15) is 0 Å². The van der Waals surface area contributed by atoms with Crippen LogP contribution in [-0.2, 0) is 0 Å². The quantitative estimate of drug-likeness (QED) is 0.747. The van der Waals surface area contributed by atoms with Crippen molar-refractivity contribution in [3.05, 3.63) is 16.1 Å². The van der Waals surface area contributed by atoms with Crippen molar-refractivity contribution in [3.63, 3.8) is 0 Å². The van der Waals surface area contributed by atoms with Gasteiger partial charge in [-0.05, 0) is 0 Å². The van der Waals surface area contributed by atoms with E-state index in [4.69, 9.17) is 10.8 Å². The first-order valence-electron chi connectivity index (χ1n) is 3.97. The molecule has 0 aliphatic carbocycles. The maximum atomic E-state index is 8.79. The number of nitrogens with zero attached hydrogens (tertiary/aromatic N) is 1. The Balaban J connectivity index is 2.77. The first-order valence-corrected chi connectivity index (χ1v) is 4.79. The SMILES string of the molecule is CC(C)c1ncc([C@@H](N)CO)s1. The molecular weight excluding hydrogens is 172 g/mol. The van der Waals surface area contributed by atoms with E-state index in [2.05, 4.69) is 18.8 Å². The minimum atomic E-state index is -0.269. The average molecular weight is 186 g/mol. The topological polar surface area (TPSA) is 59.1 Å². The first-order chi connectivity index (χ1) is 5.65. The molecule has 0 radical (unpaired) electrons. The second kappa shape index (κ2) is 3.98. The molecule has 0 aliphatic rings. The smallest absolute Gasteiger partial charge is 0.0953 e. The van der Waals surface area contributed by atoms with Gasteiger partial charge in [0.2, 0.25) is 0 Å². The number of hydrogen-bond acceptors (Lipinski definition) is 4. The molecule has 12 heavy (non-hydrogen) atoms. The summed E-state index contributed by atoms with van der Waals surface area (Å²) in [5, 5.41) is 9.87. The van der Waals surface area contributed by atoms with Crippen LogP contribution >= 0.6 is 11.3 Å². The molecule has 0 spiro atoms. The molecule has 0 aromatic carbocycles. The summed E-state index contributed by atoms with van der Waals surface area (Å²) < 4.78 is 0. The van der Waals surface area contributed by atoms with Crippen molar-refractivity contribution in [1.29, 1.82) is 0 Å². The van der Waals surface area contributed by atoms with Gasteiger partial charge in [0.15, 0.2) is 0 Å². The fourth-order valence-electron chi connectivity index (χ4n) is 0.829. The fourth-order valence-corrected chi connectivity index (χ4v) is 1.74. The lowest BCUT2D eigenvalue weighted by Crippen LogP contribution is -2.12. The van der Waals surface area contributed by atoms with Crippen molar-refractivity contribution in [1.82, 2.24) is 4.98 Å². The van der Waals surface area contributed by atoms with E-state index in [0.717, 1.165) is 9.88 Å². The lowest BCUT2D eigenvalue weighted by molar-refractivity contribution is 0.269. The first kappa shape index (κ1) is 9.64. The van der Waals surface area contributed by atoms with Crippen LogP contribution in [0.5, 0.6) is 0 Å². The van der Waals surface area contributed by atoms with Crippen molar-refractivity contribution < 1.29 is 5.11 Å². The third kappa shape index (κ3) is 2.03.